The molecule has 1 aromatic heterocycles. The van der Waals surface area contributed by atoms with Crippen LogP contribution in [0, 0.1) is 11.3 Å². The minimum Gasteiger partial charge on any atom is -0.493 e. The molecule has 6 nitrogen and oxygen atoms in total. The van der Waals surface area contributed by atoms with Gasteiger partial charge in [-0.25, -0.2) is 4.98 Å². The van der Waals surface area contributed by atoms with E-state index in [2.05, 4.69) is 22.0 Å². The first-order valence-electron chi connectivity index (χ1n) is 10.1. The molecule has 1 atom stereocenters. The standard InChI is InChI=1S/C22H29N3O3S/c1-24(13-17-14-29-15-23-17)21(26)18-11-22(18)6-8-25(9-7-22)12-16-4-5-19(27-2)20(10-16)28-3/h4-5,10,14-15,18H,6-9,11-13H2,1-3H3/t18-/m0/s1. The van der Waals surface area contributed by atoms with E-state index in [0.29, 0.717) is 6.54 Å². The number of likely N-dealkylation sites (tertiary alicyclic amines) is 1. The highest BCUT2D eigenvalue weighted by molar-refractivity contribution is 7.07. The summed E-state index contributed by atoms with van der Waals surface area (Å²) in [6.07, 6.45) is 3.24. The minimum atomic E-state index is 0.189. The fourth-order valence-corrected chi connectivity index (χ4v) is 5.10. The van der Waals surface area contributed by atoms with Gasteiger partial charge in [0.25, 0.3) is 0 Å². The van der Waals surface area contributed by atoms with Crippen LogP contribution in [0.3, 0.4) is 0 Å². The zero-order valence-electron chi connectivity index (χ0n) is 17.4. The molecule has 0 radical (unpaired) electrons. The Balaban J connectivity index is 1.29. The molecule has 0 unspecified atom stereocenters. The Morgan fingerprint density at radius 2 is 2.03 bits per heavy atom. The zero-order valence-corrected chi connectivity index (χ0v) is 18.2. The van der Waals surface area contributed by atoms with E-state index in [1.165, 1.54) is 5.56 Å². The lowest BCUT2D eigenvalue weighted by Crippen LogP contribution is -2.37. The summed E-state index contributed by atoms with van der Waals surface area (Å²) in [5.74, 6) is 2.00. The van der Waals surface area contributed by atoms with Crippen LogP contribution >= 0.6 is 11.3 Å². The van der Waals surface area contributed by atoms with Gasteiger partial charge in [-0.1, -0.05) is 6.07 Å². The zero-order chi connectivity index (χ0) is 20.4. The molecule has 2 heterocycles. The summed E-state index contributed by atoms with van der Waals surface area (Å²) in [7, 11) is 5.23. The summed E-state index contributed by atoms with van der Waals surface area (Å²) >= 11 is 1.57. The molecule has 1 saturated heterocycles. The van der Waals surface area contributed by atoms with Crippen molar-refractivity contribution in [3.05, 3.63) is 40.3 Å². The second kappa shape index (κ2) is 8.32. The number of carbonyl (C=O) groups excluding carboxylic acids is 1. The van der Waals surface area contributed by atoms with Gasteiger partial charge in [0, 0.05) is 24.9 Å². The minimum absolute atomic E-state index is 0.189. The average Bonchev–Trinajstić information content (AvgIpc) is 3.18. The van der Waals surface area contributed by atoms with Crippen molar-refractivity contribution in [1.29, 1.82) is 0 Å². The Labute approximate surface area is 176 Å². The van der Waals surface area contributed by atoms with Crippen LogP contribution in [0.15, 0.2) is 29.1 Å². The number of rotatable bonds is 7. The van der Waals surface area contributed by atoms with Crippen LogP contribution in [-0.2, 0) is 17.9 Å². The molecule has 1 aliphatic carbocycles. The SMILES string of the molecule is COc1ccc(CN2CCC3(CC2)C[C@H]3C(=O)N(C)Cc2cscn2)cc1OC. The summed E-state index contributed by atoms with van der Waals surface area (Å²) in [6.45, 7) is 3.58. The van der Waals surface area contributed by atoms with Crippen molar-refractivity contribution < 1.29 is 14.3 Å². The van der Waals surface area contributed by atoms with E-state index in [1.54, 1.807) is 25.6 Å². The number of nitrogens with zero attached hydrogens (tertiary/aromatic N) is 3. The molecule has 1 aliphatic heterocycles. The van der Waals surface area contributed by atoms with E-state index in [0.717, 1.165) is 56.1 Å². The van der Waals surface area contributed by atoms with Gasteiger partial charge in [-0.15, -0.1) is 11.3 Å². The van der Waals surface area contributed by atoms with Gasteiger partial charge in [0.2, 0.25) is 5.91 Å². The quantitative estimate of drug-likeness (QED) is 0.694. The highest BCUT2D eigenvalue weighted by Gasteiger charge is 2.58. The third-order valence-corrected chi connectivity index (χ3v) is 7.09. The highest BCUT2D eigenvalue weighted by Crippen LogP contribution is 2.60. The molecule has 2 fully saturated rings. The van der Waals surface area contributed by atoms with Gasteiger partial charge in [0.1, 0.15) is 0 Å². The monoisotopic (exact) mass is 415 g/mol. The van der Waals surface area contributed by atoms with Crippen LogP contribution in [-0.4, -0.2) is 55.0 Å². The summed E-state index contributed by atoms with van der Waals surface area (Å²) < 4.78 is 10.7. The Hall–Kier alpha value is -2.12. The smallest absolute Gasteiger partial charge is 0.226 e. The Bertz CT molecular complexity index is 847. The fourth-order valence-electron chi connectivity index (χ4n) is 4.55. The van der Waals surface area contributed by atoms with Gasteiger partial charge in [0.15, 0.2) is 11.5 Å². The summed E-state index contributed by atoms with van der Waals surface area (Å²) in [4.78, 5) is 21.5. The Kier molecular flexibility index (Phi) is 5.79. The number of amides is 1. The van der Waals surface area contributed by atoms with Crippen molar-refractivity contribution in [2.45, 2.75) is 32.4 Å². The number of aromatic nitrogens is 1. The van der Waals surface area contributed by atoms with E-state index < -0.39 is 0 Å². The first-order chi connectivity index (χ1) is 14.0. The number of benzene rings is 1. The molecular weight excluding hydrogens is 386 g/mol. The molecule has 2 aliphatic rings. The van der Waals surface area contributed by atoms with Crippen molar-refractivity contribution in [1.82, 2.24) is 14.8 Å². The second-order valence-corrected chi connectivity index (χ2v) is 8.98. The van der Waals surface area contributed by atoms with E-state index in [9.17, 15) is 4.79 Å². The lowest BCUT2D eigenvalue weighted by atomic mass is 9.90. The summed E-state index contributed by atoms with van der Waals surface area (Å²) in [5.41, 5.74) is 4.25. The average molecular weight is 416 g/mol. The number of piperidine rings is 1. The van der Waals surface area contributed by atoms with Crippen molar-refractivity contribution in [3.8, 4) is 11.5 Å². The van der Waals surface area contributed by atoms with Gasteiger partial charge < -0.3 is 14.4 Å². The lowest BCUT2D eigenvalue weighted by Gasteiger charge is -2.33. The maximum Gasteiger partial charge on any atom is 0.226 e. The Morgan fingerprint density at radius 1 is 1.28 bits per heavy atom. The highest BCUT2D eigenvalue weighted by atomic mass is 32.1. The van der Waals surface area contributed by atoms with E-state index in [1.807, 2.05) is 28.9 Å². The number of hydrogen-bond acceptors (Lipinski definition) is 6. The maximum absolute atomic E-state index is 12.9. The molecule has 1 spiro atoms. The van der Waals surface area contributed by atoms with Crippen molar-refractivity contribution in [3.63, 3.8) is 0 Å². The lowest BCUT2D eigenvalue weighted by molar-refractivity contribution is -0.133. The third-order valence-electron chi connectivity index (χ3n) is 6.45. The predicted molar refractivity (Wildman–Crippen MR) is 113 cm³/mol. The first-order valence-corrected chi connectivity index (χ1v) is 11.0. The molecular formula is C22H29N3O3S. The molecule has 29 heavy (non-hydrogen) atoms. The van der Waals surface area contributed by atoms with E-state index in [-0.39, 0.29) is 17.2 Å². The fraction of sp³-hybridized carbons (Fsp3) is 0.545. The largest absolute Gasteiger partial charge is 0.493 e. The molecule has 1 saturated carbocycles. The van der Waals surface area contributed by atoms with Gasteiger partial charge in [0.05, 0.1) is 32.0 Å². The predicted octanol–water partition coefficient (Wildman–Crippen LogP) is 3.42. The van der Waals surface area contributed by atoms with E-state index in [4.69, 9.17) is 9.47 Å². The normalized spacial score (nSPS) is 20.4. The molecule has 156 valence electrons. The topological polar surface area (TPSA) is 54.9 Å². The van der Waals surface area contributed by atoms with Crippen molar-refractivity contribution in [2.24, 2.45) is 11.3 Å². The van der Waals surface area contributed by atoms with Gasteiger partial charge in [-0.3, -0.25) is 9.69 Å². The molecule has 0 bridgehead atoms. The Morgan fingerprint density at radius 3 is 2.69 bits per heavy atom. The van der Waals surface area contributed by atoms with E-state index >= 15 is 0 Å². The van der Waals surface area contributed by atoms with Gasteiger partial charge >= 0.3 is 0 Å². The number of thiazole rings is 1. The number of carbonyl (C=O) groups is 1. The molecule has 4 rings (SSSR count). The summed E-state index contributed by atoms with van der Waals surface area (Å²) in [5, 5.41) is 2.01. The molecule has 1 amide bonds. The molecule has 0 N–H and O–H groups in total. The maximum atomic E-state index is 12.9. The van der Waals surface area contributed by atoms with Crippen LogP contribution in [0.4, 0.5) is 0 Å². The van der Waals surface area contributed by atoms with Crippen LogP contribution in [0.1, 0.15) is 30.5 Å². The van der Waals surface area contributed by atoms with Crippen molar-refractivity contribution >= 4 is 17.2 Å². The third kappa shape index (κ3) is 4.26. The van der Waals surface area contributed by atoms with Gasteiger partial charge in [-0.2, -0.15) is 0 Å². The van der Waals surface area contributed by atoms with Crippen LogP contribution in [0.2, 0.25) is 0 Å². The molecule has 2 aromatic rings. The first kappa shape index (κ1) is 20.2. The van der Waals surface area contributed by atoms with Crippen molar-refractivity contribution in [2.75, 3.05) is 34.4 Å². The van der Waals surface area contributed by atoms with Crippen LogP contribution < -0.4 is 9.47 Å². The van der Waals surface area contributed by atoms with Crippen LogP contribution in [0.5, 0.6) is 11.5 Å². The molecule has 1 aromatic carbocycles. The molecule has 7 heteroatoms. The summed E-state index contributed by atoms with van der Waals surface area (Å²) in [6, 6.07) is 6.12. The van der Waals surface area contributed by atoms with Gasteiger partial charge in [-0.05, 0) is 55.5 Å². The number of ether oxygens (including phenoxy) is 2. The van der Waals surface area contributed by atoms with Crippen LogP contribution in [0.25, 0.3) is 0 Å². The number of methoxy groups -OCH3 is 2. The number of hydrogen-bond donors (Lipinski definition) is 0. The second-order valence-electron chi connectivity index (χ2n) is 8.26.